The number of halogens is 1. The summed E-state index contributed by atoms with van der Waals surface area (Å²) in [5.74, 6) is 0.302. The van der Waals surface area contributed by atoms with Gasteiger partial charge >= 0.3 is 0 Å². The molecule has 15 heavy (non-hydrogen) atoms. The molecule has 0 amide bonds. The number of rotatable bonds is 1. The first kappa shape index (κ1) is 10.4. The van der Waals surface area contributed by atoms with E-state index in [1.165, 1.54) is 6.20 Å². The SMILES string of the molecule is CC1COCCC1c1cc(N)c(F)cn1. The summed E-state index contributed by atoms with van der Waals surface area (Å²) in [5.41, 5.74) is 6.59. The summed E-state index contributed by atoms with van der Waals surface area (Å²) < 4.78 is 18.3. The standard InChI is InChI=1S/C11H15FN2O/c1-7-6-15-3-2-8(7)11-4-10(13)9(12)5-14-11/h4-5,7-8H,2-3,6H2,1H3,(H2,13,14). The van der Waals surface area contributed by atoms with Gasteiger partial charge in [0.2, 0.25) is 0 Å². The lowest BCUT2D eigenvalue weighted by molar-refractivity contribution is 0.0463. The molecule has 0 radical (unpaired) electrons. The van der Waals surface area contributed by atoms with Crippen LogP contribution in [-0.4, -0.2) is 18.2 Å². The molecule has 0 aliphatic carbocycles. The Labute approximate surface area is 88.5 Å². The summed E-state index contributed by atoms with van der Waals surface area (Å²) in [6, 6.07) is 1.64. The minimum absolute atomic E-state index is 0.179. The second kappa shape index (κ2) is 4.14. The summed E-state index contributed by atoms with van der Waals surface area (Å²) in [5, 5.41) is 0. The van der Waals surface area contributed by atoms with E-state index in [4.69, 9.17) is 10.5 Å². The molecular formula is C11H15FN2O. The third-order valence-corrected chi connectivity index (χ3v) is 2.93. The smallest absolute Gasteiger partial charge is 0.164 e. The van der Waals surface area contributed by atoms with Crippen molar-refractivity contribution in [3.05, 3.63) is 23.8 Å². The van der Waals surface area contributed by atoms with E-state index in [2.05, 4.69) is 11.9 Å². The molecule has 3 nitrogen and oxygen atoms in total. The molecule has 1 saturated heterocycles. The van der Waals surface area contributed by atoms with Gasteiger partial charge in [0, 0.05) is 24.8 Å². The zero-order valence-electron chi connectivity index (χ0n) is 8.74. The maximum Gasteiger partial charge on any atom is 0.164 e. The molecule has 0 saturated carbocycles. The van der Waals surface area contributed by atoms with Gasteiger partial charge in [-0.3, -0.25) is 4.98 Å². The molecule has 0 spiro atoms. The number of aromatic nitrogens is 1. The molecule has 82 valence electrons. The Balaban J connectivity index is 2.24. The number of nitrogen functional groups attached to an aromatic ring is 1. The molecule has 2 atom stereocenters. The fourth-order valence-electron chi connectivity index (χ4n) is 1.99. The van der Waals surface area contributed by atoms with Gasteiger partial charge in [-0.2, -0.15) is 0 Å². The van der Waals surface area contributed by atoms with E-state index in [9.17, 15) is 4.39 Å². The Kier molecular flexibility index (Phi) is 2.86. The number of pyridine rings is 1. The molecule has 1 aromatic rings. The molecule has 1 aliphatic rings. The molecule has 2 unspecified atom stereocenters. The Morgan fingerprint density at radius 3 is 3.07 bits per heavy atom. The predicted octanol–water partition coefficient (Wildman–Crippen LogP) is 1.94. The maximum atomic E-state index is 13.0. The summed E-state index contributed by atoms with van der Waals surface area (Å²) in [7, 11) is 0. The van der Waals surface area contributed by atoms with Crippen molar-refractivity contribution in [2.24, 2.45) is 5.92 Å². The minimum Gasteiger partial charge on any atom is -0.396 e. The Bertz CT molecular complexity index is 356. The third-order valence-electron chi connectivity index (χ3n) is 2.93. The quantitative estimate of drug-likeness (QED) is 0.770. The average Bonchev–Trinajstić information content (AvgIpc) is 2.23. The van der Waals surface area contributed by atoms with Gasteiger partial charge in [0.15, 0.2) is 5.82 Å². The molecular weight excluding hydrogens is 195 g/mol. The highest BCUT2D eigenvalue weighted by molar-refractivity contribution is 5.40. The van der Waals surface area contributed by atoms with E-state index in [0.29, 0.717) is 11.8 Å². The summed E-state index contributed by atoms with van der Waals surface area (Å²) >= 11 is 0. The van der Waals surface area contributed by atoms with E-state index >= 15 is 0 Å². The van der Waals surface area contributed by atoms with Crippen LogP contribution in [-0.2, 0) is 4.74 Å². The first-order chi connectivity index (χ1) is 7.18. The van der Waals surface area contributed by atoms with Crippen molar-refractivity contribution >= 4 is 5.69 Å². The van der Waals surface area contributed by atoms with Gasteiger partial charge in [0.1, 0.15) is 0 Å². The largest absolute Gasteiger partial charge is 0.396 e. The van der Waals surface area contributed by atoms with Gasteiger partial charge in [-0.15, -0.1) is 0 Å². The highest BCUT2D eigenvalue weighted by Crippen LogP contribution is 2.31. The van der Waals surface area contributed by atoms with Crippen LogP contribution < -0.4 is 5.73 Å². The van der Waals surface area contributed by atoms with Crippen LogP contribution in [0.1, 0.15) is 25.0 Å². The van der Waals surface area contributed by atoms with Crippen LogP contribution >= 0.6 is 0 Å². The lowest BCUT2D eigenvalue weighted by Gasteiger charge is -2.28. The summed E-state index contributed by atoms with van der Waals surface area (Å²) in [4.78, 5) is 4.10. The summed E-state index contributed by atoms with van der Waals surface area (Å²) in [6.45, 7) is 3.60. The lowest BCUT2D eigenvalue weighted by atomic mass is 9.87. The molecule has 1 aliphatic heterocycles. The Morgan fingerprint density at radius 2 is 2.40 bits per heavy atom. The van der Waals surface area contributed by atoms with E-state index in [1.54, 1.807) is 6.07 Å². The number of ether oxygens (including phenoxy) is 1. The fraction of sp³-hybridized carbons (Fsp3) is 0.545. The monoisotopic (exact) mass is 210 g/mol. The third kappa shape index (κ3) is 2.09. The van der Waals surface area contributed by atoms with Crippen LogP contribution in [0, 0.1) is 11.7 Å². The molecule has 0 bridgehead atoms. The molecule has 4 heteroatoms. The van der Waals surface area contributed by atoms with E-state index in [1.807, 2.05) is 0 Å². The Hall–Kier alpha value is -1.16. The number of hydrogen-bond donors (Lipinski definition) is 1. The van der Waals surface area contributed by atoms with Crippen molar-refractivity contribution in [2.75, 3.05) is 18.9 Å². The van der Waals surface area contributed by atoms with Crippen LogP contribution in [0.25, 0.3) is 0 Å². The highest BCUT2D eigenvalue weighted by Gasteiger charge is 2.24. The van der Waals surface area contributed by atoms with Crippen LogP contribution in [0.3, 0.4) is 0 Å². The van der Waals surface area contributed by atoms with Crippen LogP contribution in [0.5, 0.6) is 0 Å². The van der Waals surface area contributed by atoms with Crippen molar-refractivity contribution < 1.29 is 9.13 Å². The van der Waals surface area contributed by atoms with Crippen LogP contribution in [0.2, 0.25) is 0 Å². The van der Waals surface area contributed by atoms with Gasteiger partial charge in [0.05, 0.1) is 11.9 Å². The van der Waals surface area contributed by atoms with Gasteiger partial charge in [-0.05, 0) is 18.4 Å². The van der Waals surface area contributed by atoms with Crippen molar-refractivity contribution in [1.82, 2.24) is 4.98 Å². The van der Waals surface area contributed by atoms with Crippen molar-refractivity contribution in [2.45, 2.75) is 19.3 Å². The topological polar surface area (TPSA) is 48.1 Å². The maximum absolute atomic E-state index is 13.0. The number of nitrogens with zero attached hydrogens (tertiary/aromatic N) is 1. The highest BCUT2D eigenvalue weighted by atomic mass is 19.1. The van der Waals surface area contributed by atoms with E-state index in [-0.39, 0.29) is 5.69 Å². The van der Waals surface area contributed by atoms with Crippen molar-refractivity contribution in [3.63, 3.8) is 0 Å². The molecule has 2 heterocycles. The number of nitrogens with two attached hydrogens (primary N) is 1. The first-order valence-electron chi connectivity index (χ1n) is 5.17. The predicted molar refractivity (Wildman–Crippen MR) is 55.9 cm³/mol. The lowest BCUT2D eigenvalue weighted by Crippen LogP contribution is -2.24. The van der Waals surface area contributed by atoms with Gasteiger partial charge in [-0.25, -0.2) is 4.39 Å². The molecule has 0 aromatic carbocycles. The molecule has 2 N–H and O–H groups in total. The van der Waals surface area contributed by atoms with E-state index in [0.717, 1.165) is 25.3 Å². The number of anilines is 1. The van der Waals surface area contributed by atoms with Crippen molar-refractivity contribution in [1.29, 1.82) is 0 Å². The second-order valence-electron chi connectivity index (χ2n) is 4.08. The zero-order valence-corrected chi connectivity index (χ0v) is 8.74. The fourth-order valence-corrected chi connectivity index (χ4v) is 1.99. The normalized spacial score (nSPS) is 26.5. The van der Waals surface area contributed by atoms with Gasteiger partial charge < -0.3 is 10.5 Å². The average molecular weight is 210 g/mol. The van der Waals surface area contributed by atoms with Gasteiger partial charge in [-0.1, -0.05) is 6.92 Å². The van der Waals surface area contributed by atoms with E-state index < -0.39 is 5.82 Å². The number of hydrogen-bond acceptors (Lipinski definition) is 3. The summed E-state index contributed by atoms with van der Waals surface area (Å²) in [6.07, 6.45) is 2.13. The first-order valence-corrected chi connectivity index (χ1v) is 5.17. The Morgan fingerprint density at radius 1 is 1.60 bits per heavy atom. The van der Waals surface area contributed by atoms with Gasteiger partial charge in [0.25, 0.3) is 0 Å². The van der Waals surface area contributed by atoms with Crippen LogP contribution in [0.4, 0.5) is 10.1 Å². The minimum atomic E-state index is -0.446. The molecule has 2 rings (SSSR count). The second-order valence-corrected chi connectivity index (χ2v) is 4.08. The van der Waals surface area contributed by atoms with Crippen LogP contribution in [0.15, 0.2) is 12.3 Å². The molecule has 1 fully saturated rings. The van der Waals surface area contributed by atoms with Crippen molar-refractivity contribution in [3.8, 4) is 0 Å². The molecule has 1 aromatic heterocycles. The zero-order chi connectivity index (χ0) is 10.8.